The van der Waals surface area contributed by atoms with Crippen molar-refractivity contribution in [2.45, 2.75) is 76.8 Å². The van der Waals surface area contributed by atoms with Gasteiger partial charge in [-0.2, -0.15) is 0 Å². The van der Waals surface area contributed by atoms with E-state index in [0.29, 0.717) is 12.8 Å². The van der Waals surface area contributed by atoms with Crippen LogP contribution in [0.1, 0.15) is 47.0 Å². The van der Waals surface area contributed by atoms with Crippen LogP contribution in [-0.2, 0) is 19.1 Å². The van der Waals surface area contributed by atoms with Crippen molar-refractivity contribution in [2.24, 2.45) is 17.8 Å². The number of rotatable bonds is 7. The van der Waals surface area contributed by atoms with Crippen molar-refractivity contribution in [3.05, 3.63) is 0 Å². The molecule has 8 nitrogen and oxygen atoms in total. The summed E-state index contributed by atoms with van der Waals surface area (Å²) in [6, 6.07) is -1.42. The van der Waals surface area contributed by atoms with Crippen LogP contribution in [0.3, 0.4) is 0 Å². The molecule has 3 saturated heterocycles. The third-order valence-electron chi connectivity index (χ3n) is 6.81. The van der Waals surface area contributed by atoms with Crippen molar-refractivity contribution in [2.75, 3.05) is 13.7 Å². The Morgan fingerprint density at radius 1 is 1.32 bits per heavy atom. The van der Waals surface area contributed by atoms with Crippen LogP contribution in [0.25, 0.3) is 0 Å². The molecule has 2 bridgehead atoms. The number of carbonyl (C=O) groups excluding carboxylic acids is 3. The third-order valence-corrected chi connectivity index (χ3v) is 6.81. The highest BCUT2D eigenvalue weighted by molar-refractivity contribution is 5.99. The zero-order chi connectivity index (χ0) is 20.8. The van der Waals surface area contributed by atoms with Crippen LogP contribution in [0.2, 0.25) is 0 Å². The molecule has 3 aliphatic rings. The van der Waals surface area contributed by atoms with Gasteiger partial charge in [-0.25, -0.2) is 0 Å². The summed E-state index contributed by atoms with van der Waals surface area (Å²) in [7, 11) is 1.55. The lowest BCUT2D eigenvalue weighted by molar-refractivity contribution is -0.147. The van der Waals surface area contributed by atoms with Crippen molar-refractivity contribution in [1.29, 1.82) is 0 Å². The van der Waals surface area contributed by atoms with E-state index in [1.54, 1.807) is 7.05 Å². The second-order valence-electron chi connectivity index (χ2n) is 8.71. The Morgan fingerprint density at radius 2 is 2.00 bits per heavy atom. The molecule has 0 radical (unpaired) electrons. The Hall–Kier alpha value is -1.67. The molecule has 8 heteroatoms. The van der Waals surface area contributed by atoms with Crippen LogP contribution in [0.5, 0.6) is 0 Å². The molecule has 7 atom stereocenters. The molecule has 3 fully saturated rings. The number of aliphatic hydroxyl groups is 1. The average molecular weight is 396 g/mol. The standard InChI is InChI=1S/C20H33N3O5/c1-6-11(4)12(9-24)23-16(18(26)22-10(2)3)20-8-7-13(28-20)14(17(25)21-5)15(20)19(23)27/h10-16,24H,6-9H2,1-5H3,(H,21,25)(H,22,26)/t11-,12-,13+,14-,15-,16?,20?/m0/s1. The van der Waals surface area contributed by atoms with E-state index >= 15 is 0 Å². The monoisotopic (exact) mass is 395 g/mol. The van der Waals surface area contributed by atoms with E-state index < -0.39 is 29.5 Å². The summed E-state index contributed by atoms with van der Waals surface area (Å²) in [5.74, 6) is -2.02. The summed E-state index contributed by atoms with van der Waals surface area (Å²) in [6.07, 6.45) is 1.62. The van der Waals surface area contributed by atoms with E-state index in [4.69, 9.17) is 4.74 Å². The van der Waals surface area contributed by atoms with E-state index in [1.807, 2.05) is 27.7 Å². The third kappa shape index (κ3) is 2.92. The molecule has 3 amide bonds. The summed E-state index contributed by atoms with van der Waals surface area (Å²) in [5, 5.41) is 15.7. The fourth-order valence-corrected chi connectivity index (χ4v) is 5.39. The lowest BCUT2D eigenvalue weighted by Gasteiger charge is -2.39. The number of fused-ring (bicyclic) bond motifs is 1. The number of likely N-dealkylation sites (tertiary alicyclic amines) is 1. The molecule has 3 rings (SSSR count). The molecule has 0 aromatic rings. The Labute approximate surface area is 166 Å². The lowest BCUT2D eigenvalue weighted by atomic mass is 9.70. The SMILES string of the molecule is CC[C@H](C)[C@H](CO)N1C(=O)[C@@H]2[C@@H](C(=O)NC)[C@H]3CCC2(O3)C1C(=O)NC(C)C. The highest BCUT2D eigenvalue weighted by Gasteiger charge is 2.75. The van der Waals surface area contributed by atoms with E-state index in [0.717, 1.165) is 6.42 Å². The second kappa shape index (κ2) is 7.63. The molecule has 1 spiro atoms. The van der Waals surface area contributed by atoms with Crippen molar-refractivity contribution in [3.63, 3.8) is 0 Å². The lowest BCUT2D eigenvalue weighted by Crippen LogP contribution is -2.59. The molecule has 0 aromatic carbocycles. The number of aliphatic hydroxyl groups excluding tert-OH is 1. The first kappa shape index (κ1) is 21.0. The van der Waals surface area contributed by atoms with Gasteiger partial charge in [-0.05, 0) is 32.6 Å². The molecule has 3 N–H and O–H groups in total. The maximum absolute atomic E-state index is 13.6. The van der Waals surface area contributed by atoms with Crippen LogP contribution in [0.15, 0.2) is 0 Å². The molecule has 0 aliphatic carbocycles. The maximum Gasteiger partial charge on any atom is 0.246 e. The van der Waals surface area contributed by atoms with Gasteiger partial charge in [-0.15, -0.1) is 0 Å². The van der Waals surface area contributed by atoms with Crippen LogP contribution < -0.4 is 10.6 Å². The predicted molar refractivity (Wildman–Crippen MR) is 102 cm³/mol. The number of ether oxygens (including phenoxy) is 1. The van der Waals surface area contributed by atoms with Crippen LogP contribution in [0, 0.1) is 17.8 Å². The molecular weight excluding hydrogens is 362 g/mol. The van der Waals surface area contributed by atoms with Crippen molar-refractivity contribution < 1.29 is 24.2 Å². The van der Waals surface area contributed by atoms with E-state index in [2.05, 4.69) is 10.6 Å². The van der Waals surface area contributed by atoms with E-state index in [9.17, 15) is 19.5 Å². The van der Waals surface area contributed by atoms with Gasteiger partial charge in [-0.1, -0.05) is 20.3 Å². The van der Waals surface area contributed by atoms with Gasteiger partial charge in [0.25, 0.3) is 0 Å². The topological polar surface area (TPSA) is 108 Å². The summed E-state index contributed by atoms with van der Waals surface area (Å²) in [6.45, 7) is 7.46. The molecule has 0 aromatic heterocycles. The molecule has 158 valence electrons. The Bertz CT molecular complexity index is 654. The highest BCUT2D eigenvalue weighted by Crippen LogP contribution is 2.59. The molecule has 0 saturated carbocycles. The van der Waals surface area contributed by atoms with Gasteiger partial charge in [0, 0.05) is 13.1 Å². The predicted octanol–water partition coefficient (Wildman–Crippen LogP) is 0.0386. The molecule has 28 heavy (non-hydrogen) atoms. The number of nitrogens with one attached hydrogen (secondary N) is 2. The Kier molecular flexibility index (Phi) is 5.74. The van der Waals surface area contributed by atoms with Crippen LogP contribution in [0.4, 0.5) is 0 Å². The number of nitrogens with zero attached hydrogens (tertiary/aromatic N) is 1. The van der Waals surface area contributed by atoms with Gasteiger partial charge >= 0.3 is 0 Å². The van der Waals surface area contributed by atoms with Gasteiger partial charge < -0.3 is 25.4 Å². The maximum atomic E-state index is 13.6. The highest BCUT2D eigenvalue weighted by atomic mass is 16.5. The zero-order valence-electron chi connectivity index (χ0n) is 17.4. The quantitative estimate of drug-likeness (QED) is 0.564. The van der Waals surface area contributed by atoms with Gasteiger partial charge in [0.1, 0.15) is 11.6 Å². The zero-order valence-corrected chi connectivity index (χ0v) is 17.4. The van der Waals surface area contributed by atoms with E-state index in [1.165, 1.54) is 4.90 Å². The van der Waals surface area contributed by atoms with Gasteiger partial charge in [-0.3, -0.25) is 14.4 Å². The average Bonchev–Trinajstić information content (AvgIpc) is 3.29. The Balaban J connectivity index is 2.08. The summed E-state index contributed by atoms with van der Waals surface area (Å²) in [4.78, 5) is 40.9. The van der Waals surface area contributed by atoms with Crippen LogP contribution >= 0.6 is 0 Å². The molecule has 3 aliphatic heterocycles. The number of hydrogen-bond acceptors (Lipinski definition) is 5. The van der Waals surface area contributed by atoms with Gasteiger partial charge in [0.2, 0.25) is 17.7 Å². The first-order valence-corrected chi connectivity index (χ1v) is 10.4. The fourth-order valence-electron chi connectivity index (χ4n) is 5.39. The second-order valence-corrected chi connectivity index (χ2v) is 8.71. The first-order valence-electron chi connectivity index (χ1n) is 10.4. The largest absolute Gasteiger partial charge is 0.394 e. The molecule has 2 unspecified atom stereocenters. The van der Waals surface area contributed by atoms with Gasteiger partial charge in [0.15, 0.2) is 0 Å². The normalized spacial score (nSPS) is 35.8. The van der Waals surface area contributed by atoms with Crippen molar-refractivity contribution in [1.82, 2.24) is 15.5 Å². The summed E-state index contributed by atoms with van der Waals surface area (Å²) >= 11 is 0. The minimum absolute atomic E-state index is 0.00850. The number of carbonyl (C=O) groups is 3. The van der Waals surface area contributed by atoms with Gasteiger partial charge in [0.05, 0.1) is 30.6 Å². The smallest absolute Gasteiger partial charge is 0.246 e. The summed E-state index contributed by atoms with van der Waals surface area (Å²) in [5.41, 5.74) is -1.00. The molecule has 3 heterocycles. The van der Waals surface area contributed by atoms with Crippen LogP contribution in [-0.4, -0.2) is 71.2 Å². The molecular formula is C20H33N3O5. The minimum Gasteiger partial charge on any atom is -0.394 e. The summed E-state index contributed by atoms with van der Waals surface area (Å²) < 4.78 is 6.28. The fraction of sp³-hybridized carbons (Fsp3) is 0.850. The Morgan fingerprint density at radius 3 is 2.54 bits per heavy atom. The number of amides is 3. The van der Waals surface area contributed by atoms with Crippen molar-refractivity contribution in [3.8, 4) is 0 Å². The number of hydrogen-bond donors (Lipinski definition) is 3. The first-order chi connectivity index (χ1) is 13.2. The minimum atomic E-state index is -1.00. The van der Waals surface area contributed by atoms with E-state index in [-0.39, 0.29) is 42.4 Å². The van der Waals surface area contributed by atoms with Crippen molar-refractivity contribution >= 4 is 17.7 Å².